The molecule has 0 aliphatic carbocycles. The lowest BCUT2D eigenvalue weighted by Crippen LogP contribution is -2.57. The second-order valence-electron chi connectivity index (χ2n) is 12.5. The lowest BCUT2D eigenvalue weighted by atomic mass is 9.64. The quantitative estimate of drug-likeness (QED) is 0.244. The molecule has 2 bridgehead atoms. The van der Waals surface area contributed by atoms with Gasteiger partial charge in [-0.25, -0.2) is 0 Å². The minimum absolute atomic E-state index is 0.164. The zero-order valence-electron chi connectivity index (χ0n) is 26.5. The van der Waals surface area contributed by atoms with E-state index in [1.807, 2.05) is 67.6 Å². The molecule has 6 atom stereocenters. The molecule has 2 unspecified atom stereocenters. The summed E-state index contributed by atoms with van der Waals surface area (Å²) >= 11 is 6.20. The van der Waals surface area contributed by atoms with E-state index in [9.17, 15) is 9.90 Å². The van der Waals surface area contributed by atoms with Gasteiger partial charge >= 0.3 is 0 Å². The maximum Gasteiger partial charge on any atom is 0.253 e. The van der Waals surface area contributed by atoms with Crippen LogP contribution in [0.3, 0.4) is 0 Å². The monoisotopic (exact) mass is 653 g/mol. The van der Waals surface area contributed by atoms with E-state index < -0.39 is 41.7 Å². The maximum absolute atomic E-state index is 15.1. The van der Waals surface area contributed by atoms with Gasteiger partial charge in [0.25, 0.3) is 5.91 Å². The number of ether oxygens (including phenoxy) is 1. The van der Waals surface area contributed by atoms with Crippen molar-refractivity contribution in [2.45, 2.75) is 49.5 Å². The Morgan fingerprint density at radius 2 is 1.51 bits per heavy atom. The highest BCUT2D eigenvalue weighted by Crippen LogP contribution is 2.65. The highest BCUT2D eigenvalue weighted by Gasteiger charge is 2.79. The second kappa shape index (κ2) is 13.1. The van der Waals surface area contributed by atoms with Crippen molar-refractivity contribution in [1.29, 1.82) is 0 Å². The van der Waals surface area contributed by atoms with Crippen LogP contribution in [0, 0.1) is 11.8 Å². The Hall–Kier alpha value is -4.24. The van der Waals surface area contributed by atoms with Crippen LogP contribution in [-0.4, -0.2) is 64.7 Å². The number of hydrogen-bond donors (Lipinski definition) is 1. The highest BCUT2D eigenvalue weighted by atomic mass is 35.5. The number of likely N-dealkylation sites (tertiary alicyclic amines) is 1. The Labute approximate surface area is 280 Å². The minimum Gasteiger partial charge on any atom is -0.394 e. The molecule has 0 radical (unpaired) electrons. The van der Waals surface area contributed by atoms with Gasteiger partial charge in [-0.1, -0.05) is 79.2 Å². The largest absolute Gasteiger partial charge is 0.394 e. The van der Waals surface area contributed by atoms with Gasteiger partial charge in [0.05, 0.1) is 30.1 Å². The molecule has 0 saturated carbocycles. The smallest absolute Gasteiger partial charge is 0.253 e. The van der Waals surface area contributed by atoms with Crippen LogP contribution < -0.4 is 9.80 Å². The van der Waals surface area contributed by atoms with Gasteiger partial charge in [0.1, 0.15) is 11.6 Å². The molecule has 244 valence electrons. The fourth-order valence-electron chi connectivity index (χ4n) is 8.12. The van der Waals surface area contributed by atoms with E-state index in [0.29, 0.717) is 41.2 Å². The number of benzene rings is 3. The Morgan fingerprint density at radius 1 is 0.936 bits per heavy atom. The highest BCUT2D eigenvalue weighted by molar-refractivity contribution is 6.30. The molecule has 3 aliphatic rings. The van der Waals surface area contributed by atoms with Crippen LogP contribution in [0.2, 0.25) is 5.02 Å². The zero-order chi connectivity index (χ0) is 33.3. The van der Waals surface area contributed by atoms with Crippen LogP contribution in [0.25, 0.3) is 0 Å². The van der Waals surface area contributed by atoms with Gasteiger partial charge in [-0.2, -0.15) is 0 Å². The summed E-state index contributed by atoms with van der Waals surface area (Å²) < 4.78 is 7.05. The number of hydrogen-bond acceptors (Lipinski definition) is 5. The van der Waals surface area contributed by atoms with Gasteiger partial charge < -0.3 is 24.5 Å². The van der Waals surface area contributed by atoms with Gasteiger partial charge in [0, 0.05) is 29.5 Å². The van der Waals surface area contributed by atoms with Crippen molar-refractivity contribution in [3.8, 4) is 0 Å². The average Bonchev–Trinajstić information content (AvgIpc) is 3.71. The summed E-state index contributed by atoms with van der Waals surface area (Å²) in [5, 5.41) is 11.4. The predicted octanol–water partition coefficient (Wildman–Crippen LogP) is 5.97. The molecule has 0 aromatic heterocycles. The summed E-state index contributed by atoms with van der Waals surface area (Å²) in [6.07, 6.45) is 4.70. The summed E-state index contributed by atoms with van der Waals surface area (Å²) in [5.41, 5.74) is -0.290. The molecule has 3 aliphatic heterocycles. The number of nitrogens with zero attached hydrogens (tertiary/aromatic N) is 3. The number of aliphatic hydroxyl groups is 1. The number of carbonyl (C=O) groups is 3. The van der Waals surface area contributed by atoms with Crippen molar-refractivity contribution >= 4 is 40.7 Å². The molecule has 3 aromatic rings. The van der Waals surface area contributed by atoms with Gasteiger partial charge in [-0.05, 0) is 61.2 Å². The standard InChI is InChI=1S/C38H40ClN3O5/c1-4-23-40(28-15-11-8-12-16-28)34(44)31-32-35(45)42(30(25-43)26-13-9-7-10-14-26)33(38(32)22-21-37(31,6-3)47-38)36(46)41(24-5-2)29-19-17-27(39)18-20-29/h4-5,7-20,30-33,43H,1-2,6,21-25H2,3H3/t30-,31-,32+,33?,37+,38?/m1/s1. The van der Waals surface area contributed by atoms with Crippen LogP contribution in [0.1, 0.15) is 37.8 Å². The number of anilines is 2. The van der Waals surface area contributed by atoms with Crippen molar-refractivity contribution in [3.63, 3.8) is 0 Å². The van der Waals surface area contributed by atoms with Crippen molar-refractivity contribution in [1.82, 2.24) is 4.90 Å². The first-order chi connectivity index (χ1) is 22.8. The first-order valence-electron chi connectivity index (χ1n) is 16.1. The van der Waals surface area contributed by atoms with E-state index in [1.54, 1.807) is 46.2 Å². The minimum atomic E-state index is -1.30. The number of carbonyl (C=O) groups excluding carboxylic acids is 3. The molecule has 9 heteroatoms. The number of fused-ring (bicyclic) bond motifs is 1. The second-order valence-corrected chi connectivity index (χ2v) is 12.9. The van der Waals surface area contributed by atoms with E-state index in [2.05, 4.69) is 13.2 Å². The predicted molar refractivity (Wildman–Crippen MR) is 183 cm³/mol. The molecule has 8 nitrogen and oxygen atoms in total. The summed E-state index contributed by atoms with van der Waals surface area (Å²) in [6.45, 7) is 9.74. The first kappa shape index (κ1) is 32.7. The molecule has 6 rings (SSSR count). The third-order valence-corrected chi connectivity index (χ3v) is 10.4. The molecule has 3 fully saturated rings. The zero-order valence-corrected chi connectivity index (χ0v) is 27.3. The fourth-order valence-corrected chi connectivity index (χ4v) is 8.25. The number of para-hydroxylation sites is 1. The molecule has 1 N–H and O–H groups in total. The van der Waals surface area contributed by atoms with E-state index in [-0.39, 0.29) is 30.8 Å². The molecular weight excluding hydrogens is 614 g/mol. The number of halogens is 1. The van der Waals surface area contributed by atoms with E-state index in [4.69, 9.17) is 16.3 Å². The molecular formula is C38H40ClN3O5. The Kier molecular flexibility index (Phi) is 9.12. The summed E-state index contributed by atoms with van der Waals surface area (Å²) in [7, 11) is 0. The van der Waals surface area contributed by atoms with Gasteiger partial charge in [0.2, 0.25) is 11.8 Å². The van der Waals surface area contributed by atoms with Gasteiger partial charge in [-0.3, -0.25) is 14.4 Å². The van der Waals surface area contributed by atoms with Crippen LogP contribution in [0.15, 0.2) is 110 Å². The number of rotatable bonds is 12. The molecule has 3 heterocycles. The normalized spacial score (nSPS) is 26.5. The first-order valence-corrected chi connectivity index (χ1v) is 16.5. The Bertz CT molecular complexity index is 1650. The van der Waals surface area contributed by atoms with E-state index >= 15 is 9.59 Å². The van der Waals surface area contributed by atoms with Crippen LogP contribution in [-0.2, 0) is 19.1 Å². The lowest BCUT2D eigenvalue weighted by Gasteiger charge is -2.39. The summed E-state index contributed by atoms with van der Waals surface area (Å²) in [6, 6.07) is 23.4. The van der Waals surface area contributed by atoms with E-state index in [1.165, 1.54) is 4.90 Å². The lowest BCUT2D eigenvalue weighted by molar-refractivity contribution is -0.149. The average molecular weight is 654 g/mol. The number of aliphatic hydroxyl groups excluding tert-OH is 1. The van der Waals surface area contributed by atoms with Crippen LogP contribution in [0.5, 0.6) is 0 Å². The van der Waals surface area contributed by atoms with Gasteiger partial charge in [-0.15, -0.1) is 13.2 Å². The van der Waals surface area contributed by atoms with E-state index in [0.717, 1.165) is 0 Å². The molecule has 47 heavy (non-hydrogen) atoms. The molecule has 3 aromatic carbocycles. The van der Waals surface area contributed by atoms with Crippen molar-refractivity contribution < 1.29 is 24.2 Å². The summed E-state index contributed by atoms with van der Waals surface area (Å²) in [4.78, 5) is 49.6. The third-order valence-electron chi connectivity index (χ3n) is 10.2. The van der Waals surface area contributed by atoms with Crippen molar-refractivity contribution in [2.75, 3.05) is 29.5 Å². The summed E-state index contributed by atoms with van der Waals surface area (Å²) in [5.74, 6) is -2.79. The van der Waals surface area contributed by atoms with Crippen molar-refractivity contribution in [2.24, 2.45) is 11.8 Å². The van der Waals surface area contributed by atoms with Crippen LogP contribution in [0.4, 0.5) is 11.4 Å². The third kappa shape index (κ3) is 5.29. The molecule has 3 amide bonds. The van der Waals surface area contributed by atoms with Gasteiger partial charge in [0.15, 0.2) is 0 Å². The Morgan fingerprint density at radius 3 is 2.09 bits per heavy atom. The maximum atomic E-state index is 15.1. The topological polar surface area (TPSA) is 90.4 Å². The van der Waals surface area contributed by atoms with Crippen LogP contribution >= 0.6 is 11.6 Å². The fraction of sp³-hybridized carbons (Fsp3) is 0.342. The SMILES string of the molecule is C=CCN(C(=O)C1N([C@H](CO)c2ccccc2)C(=O)[C@@H]2[C@H](C(=O)N(CC=C)c3ccccc3)[C@]3(CC)CCC12O3)c1ccc(Cl)cc1. The van der Waals surface area contributed by atoms with Crippen molar-refractivity contribution in [3.05, 3.63) is 121 Å². The Balaban J connectivity index is 1.52. The molecule has 1 spiro atoms. The molecule has 3 saturated heterocycles. The number of amides is 3.